The monoisotopic (exact) mass is 395 g/mol. The Bertz CT molecular complexity index is 388. The van der Waals surface area contributed by atoms with Crippen LogP contribution in [0.2, 0.25) is 0 Å². The summed E-state index contributed by atoms with van der Waals surface area (Å²) in [6.07, 6.45) is -2.76. The molecule has 0 radical (unpaired) electrons. The van der Waals surface area contributed by atoms with Crippen molar-refractivity contribution in [3.8, 4) is 0 Å². The van der Waals surface area contributed by atoms with Gasteiger partial charge in [-0.3, -0.25) is 4.79 Å². The van der Waals surface area contributed by atoms with Crippen molar-refractivity contribution >= 4 is 55.4 Å². The van der Waals surface area contributed by atoms with Crippen LogP contribution in [-0.2, 0) is 0 Å². The topological polar surface area (TPSA) is 30.0 Å². The smallest absolute Gasteiger partial charge is 0.267 e. The first-order chi connectivity index (χ1) is 6.43. The van der Waals surface area contributed by atoms with Crippen molar-refractivity contribution in [2.75, 3.05) is 0 Å². The van der Waals surface area contributed by atoms with Gasteiger partial charge in [0.25, 0.3) is 11.7 Å². The highest BCUT2D eigenvalue weighted by Crippen LogP contribution is 2.29. The third-order valence-corrected chi connectivity index (χ3v) is 2.84. The van der Waals surface area contributed by atoms with Crippen LogP contribution in [0.25, 0.3) is 0 Å². The maximum atomic E-state index is 12.5. The Morgan fingerprint density at radius 2 is 2.21 bits per heavy atom. The molecule has 2 nitrogen and oxygen atoms in total. The Hall–Kier alpha value is 0.180. The first-order valence-corrected chi connectivity index (χ1v) is 5.52. The SMILES string of the molecule is O=C(Cl)c1cc(Br)nc(I)c1C(F)F. The van der Waals surface area contributed by atoms with Crippen molar-refractivity contribution in [3.05, 3.63) is 25.5 Å². The van der Waals surface area contributed by atoms with Crippen LogP contribution in [0, 0.1) is 3.70 Å². The zero-order valence-electron chi connectivity index (χ0n) is 6.40. The van der Waals surface area contributed by atoms with E-state index in [1.165, 1.54) is 6.07 Å². The molecule has 0 aliphatic heterocycles. The number of halogens is 5. The van der Waals surface area contributed by atoms with Crippen molar-refractivity contribution in [2.24, 2.45) is 0 Å². The van der Waals surface area contributed by atoms with E-state index < -0.39 is 17.2 Å². The van der Waals surface area contributed by atoms with Gasteiger partial charge in [0.15, 0.2) is 0 Å². The van der Waals surface area contributed by atoms with Gasteiger partial charge in [0.2, 0.25) is 0 Å². The van der Waals surface area contributed by atoms with Crippen molar-refractivity contribution in [3.63, 3.8) is 0 Å². The molecule has 14 heavy (non-hydrogen) atoms. The molecule has 0 spiro atoms. The second-order valence-electron chi connectivity index (χ2n) is 2.27. The number of pyridine rings is 1. The van der Waals surface area contributed by atoms with Gasteiger partial charge in [-0.15, -0.1) is 0 Å². The molecule has 0 aliphatic carbocycles. The molecular weight excluding hydrogens is 394 g/mol. The second-order valence-corrected chi connectivity index (χ2v) is 4.45. The minimum absolute atomic E-state index is 0.0657. The standard InChI is InChI=1S/C7H2BrClF2INO/c8-3-1-2(5(9)14)4(6(10)11)7(12)13-3/h1,6H. The van der Waals surface area contributed by atoms with Crippen LogP contribution < -0.4 is 0 Å². The predicted octanol–water partition coefficient (Wildman–Crippen LogP) is 3.77. The zero-order valence-corrected chi connectivity index (χ0v) is 10.9. The fraction of sp³-hybridized carbons (Fsp3) is 0.143. The van der Waals surface area contributed by atoms with Crippen LogP contribution in [-0.4, -0.2) is 10.2 Å². The quantitative estimate of drug-likeness (QED) is 0.433. The molecule has 1 aromatic heterocycles. The lowest BCUT2D eigenvalue weighted by atomic mass is 10.1. The van der Waals surface area contributed by atoms with Gasteiger partial charge in [0.1, 0.15) is 8.30 Å². The van der Waals surface area contributed by atoms with E-state index >= 15 is 0 Å². The Labute approximate surface area is 105 Å². The Kier molecular flexibility index (Phi) is 4.20. The lowest BCUT2D eigenvalue weighted by Crippen LogP contribution is -2.03. The molecular formula is C7H2BrClF2INO. The summed E-state index contributed by atoms with van der Waals surface area (Å²) in [4.78, 5) is 14.6. The lowest BCUT2D eigenvalue weighted by molar-refractivity contribution is 0.106. The van der Waals surface area contributed by atoms with E-state index in [0.29, 0.717) is 4.60 Å². The molecule has 0 aliphatic rings. The van der Waals surface area contributed by atoms with Gasteiger partial charge in [-0.1, -0.05) is 0 Å². The van der Waals surface area contributed by atoms with E-state index in [-0.39, 0.29) is 9.26 Å². The molecule has 0 amide bonds. The summed E-state index contributed by atoms with van der Waals surface area (Å²) < 4.78 is 25.4. The summed E-state index contributed by atoms with van der Waals surface area (Å²) in [7, 11) is 0. The van der Waals surface area contributed by atoms with E-state index in [1.54, 1.807) is 22.6 Å². The lowest BCUT2D eigenvalue weighted by Gasteiger charge is -2.07. The molecule has 0 bridgehead atoms. The number of carbonyl (C=O) groups is 1. The molecule has 1 aromatic rings. The zero-order chi connectivity index (χ0) is 10.9. The molecule has 76 valence electrons. The van der Waals surface area contributed by atoms with Gasteiger partial charge < -0.3 is 0 Å². The Morgan fingerprint density at radius 3 is 2.64 bits per heavy atom. The Morgan fingerprint density at radius 1 is 1.64 bits per heavy atom. The van der Waals surface area contributed by atoms with E-state index in [4.69, 9.17) is 11.6 Å². The summed E-state index contributed by atoms with van der Waals surface area (Å²) in [6.45, 7) is 0. The minimum Gasteiger partial charge on any atom is -0.276 e. The maximum Gasteiger partial charge on any atom is 0.267 e. The van der Waals surface area contributed by atoms with Gasteiger partial charge in [-0.2, -0.15) is 0 Å². The van der Waals surface area contributed by atoms with Crippen LogP contribution in [0.15, 0.2) is 10.7 Å². The molecule has 0 saturated carbocycles. The van der Waals surface area contributed by atoms with E-state index in [2.05, 4.69) is 20.9 Å². The van der Waals surface area contributed by atoms with E-state index in [9.17, 15) is 13.6 Å². The summed E-state index contributed by atoms with van der Waals surface area (Å²) in [5.74, 6) is 0. The normalized spacial score (nSPS) is 10.7. The highest BCUT2D eigenvalue weighted by atomic mass is 127. The van der Waals surface area contributed by atoms with Crippen LogP contribution in [0.3, 0.4) is 0 Å². The van der Waals surface area contributed by atoms with Crippen LogP contribution in [0.5, 0.6) is 0 Å². The van der Waals surface area contributed by atoms with Crippen LogP contribution in [0.4, 0.5) is 8.78 Å². The average molecular weight is 396 g/mol. The predicted molar refractivity (Wildman–Crippen MR) is 59.8 cm³/mol. The van der Waals surface area contributed by atoms with Gasteiger partial charge in [0, 0.05) is 5.56 Å². The van der Waals surface area contributed by atoms with Gasteiger partial charge in [-0.25, -0.2) is 13.8 Å². The molecule has 0 saturated heterocycles. The number of rotatable bonds is 2. The number of hydrogen-bond donors (Lipinski definition) is 0. The molecule has 0 unspecified atom stereocenters. The summed E-state index contributed by atoms with van der Waals surface area (Å²) in [5, 5.41) is -0.915. The third kappa shape index (κ3) is 2.60. The number of hydrogen-bond acceptors (Lipinski definition) is 2. The Balaban J connectivity index is 3.44. The summed E-state index contributed by atoms with van der Waals surface area (Å²) in [5.41, 5.74) is -0.637. The summed E-state index contributed by atoms with van der Waals surface area (Å²) >= 11 is 9.79. The molecule has 0 aromatic carbocycles. The average Bonchev–Trinajstić information content (AvgIpc) is 2.01. The number of aromatic nitrogens is 1. The van der Waals surface area contributed by atoms with Crippen LogP contribution >= 0.6 is 50.1 Å². The largest absolute Gasteiger partial charge is 0.276 e. The number of alkyl halides is 2. The molecule has 0 atom stereocenters. The van der Waals surface area contributed by atoms with Crippen molar-refractivity contribution in [1.29, 1.82) is 0 Å². The van der Waals surface area contributed by atoms with Crippen molar-refractivity contribution < 1.29 is 13.6 Å². The van der Waals surface area contributed by atoms with E-state index in [1.807, 2.05) is 0 Å². The third-order valence-electron chi connectivity index (χ3n) is 1.41. The molecule has 0 N–H and O–H groups in total. The molecule has 1 rings (SSSR count). The first kappa shape index (κ1) is 12.3. The van der Waals surface area contributed by atoms with Gasteiger partial charge in [-0.05, 0) is 56.2 Å². The minimum atomic E-state index is -2.76. The van der Waals surface area contributed by atoms with Crippen molar-refractivity contribution in [1.82, 2.24) is 4.98 Å². The van der Waals surface area contributed by atoms with Gasteiger partial charge >= 0.3 is 0 Å². The second kappa shape index (κ2) is 4.80. The fourth-order valence-electron chi connectivity index (χ4n) is 0.864. The molecule has 0 fully saturated rings. The highest BCUT2D eigenvalue weighted by molar-refractivity contribution is 14.1. The van der Waals surface area contributed by atoms with Gasteiger partial charge in [0.05, 0.1) is 5.56 Å². The maximum absolute atomic E-state index is 12.5. The molecule has 1 heterocycles. The first-order valence-electron chi connectivity index (χ1n) is 3.27. The van der Waals surface area contributed by atoms with Crippen molar-refractivity contribution in [2.45, 2.75) is 6.43 Å². The van der Waals surface area contributed by atoms with Crippen LogP contribution in [0.1, 0.15) is 22.3 Å². The fourth-order valence-corrected chi connectivity index (χ4v) is 2.54. The molecule has 7 heteroatoms. The van der Waals surface area contributed by atoms with E-state index in [0.717, 1.165) is 0 Å². The highest BCUT2D eigenvalue weighted by Gasteiger charge is 2.22. The number of carbonyl (C=O) groups excluding carboxylic acids is 1. The number of nitrogens with zero attached hydrogens (tertiary/aromatic N) is 1. The summed E-state index contributed by atoms with van der Waals surface area (Å²) in [6, 6.07) is 1.18.